The van der Waals surface area contributed by atoms with Crippen LogP contribution in [0.5, 0.6) is 0 Å². The lowest BCUT2D eigenvalue weighted by Gasteiger charge is -2.11. The zero-order valence-electron chi connectivity index (χ0n) is 17.1. The lowest BCUT2D eigenvalue weighted by molar-refractivity contribution is -0.128. The van der Waals surface area contributed by atoms with Crippen LogP contribution in [0.15, 0.2) is 12.2 Å². The smallest absolute Gasteiger partial charge is 0.220 e. The van der Waals surface area contributed by atoms with E-state index in [1.807, 2.05) is 0 Å². The Balaban J connectivity index is 1.85. The van der Waals surface area contributed by atoms with Gasteiger partial charge in [-0.1, -0.05) is 69.9 Å². The largest absolute Gasteiger partial charge is 0.356 e. The van der Waals surface area contributed by atoms with Crippen LogP contribution in [-0.4, -0.2) is 18.2 Å². The average molecular weight is 364 g/mol. The first-order valence-corrected chi connectivity index (χ1v) is 11.1. The predicted octanol–water partition coefficient (Wildman–Crippen LogP) is 6.12. The standard InChI is InChI=1S/C23H41NO2/c1-2-3-4-5-6-7-8-9-10-11-12-13-14-15-18-22(25)21-17-16-19-24-23(26)20-21/h2-3,21H,4-20H2,1H3,(H,24,26). The van der Waals surface area contributed by atoms with Crippen LogP contribution in [0.3, 0.4) is 0 Å². The summed E-state index contributed by atoms with van der Waals surface area (Å²) in [5.74, 6) is 0.352. The molecule has 0 aromatic rings. The molecule has 0 aliphatic carbocycles. The highest BCUT2D eigenvalue weighted by molar-refractivity contribution is 5.87. The molecule has 26 heavy (non-hydrogen) atoms. The molecule has 1 unspecified atom stereocenters. The highest BCUT2D eigenvalue weighted by Crippen LogP contribution is 2.19. The van der Waals surface area contributed by atoms with Crippen LogP contribution in [-0.2, 0) is 9.59 Å². The van der Waals surface area contributed by atoms with E-state index in [9.17, 15) is 9.59 Å². The Bertz CT molecular complexity index is 403. The Kier molecular flexibility index (Phi) is 14.2. The molecule has 150 valence electrons. The number of carbonyl (C=O) groups excluding carboxylic acids is 2. The van der Waals surface area contributed by atoms with Gasteiger partial charge in [0.15, 0.2) is 0 Å². The van der Waals surface area contributed by atoms with Crippen molar-refractivity contribution in [1.29, 1.82) is 0 Å². The first kappa shape index (κ1) is 22.9. The van der Waals surface area contributed by atoms with E-state index in [0.29, 0.717) is 18.6 Å². The van der Waals surface area contributed by atoms with E-state index < -0.39 is 0 Å². The van der Waals surface area contributed by atoms with E-state index in [2.05, 4.69) is 24.4 Å². The molecule has 0 bridgehead atoms. The molecule has 1 rings (SSSR count). The quantitative estimate of drug-likeness (QED) is 0.281. The van der Waals surface area contributed by atoms with Gasteiger partial charge in [-0.2, -0.15) is 0 Å². The Morgan fingerprint density at radius 3 is 2.15 bits per heavy atom. The fourth-order valence-corrected chi connectivity index (χ4v) is 3.77. The first-order chi connectivity index (χ1) is 12.7. The molecule has 3 heteroatoms. The number of nitrogens with one attached hydrogen (secondary N) is 1. The van der Waals surface area contributed by atoms with Crippen molar-refractivity contribution in [1.82, 2.24) is 5.32 Å². The molecule has 3 nitrogen and oxygen atoms in total. The van der Waals surface area contributed by atoms with Gasteiger partial charge in [0, 0.05) is 25.3 Å². The minimum absolute atomic E-state index is 0.0181. The number of Topliss-reactive ketones (excluding diaryl/α,β-unsaturated/α-hetero) is 1. The zero-order chi connectivity index (χ0) is 18.9. The van der Waals surface area contributed by atoms with Crippen molar-refractivity contribution >= 4 is 11.7 Å². The fourth-order valence-electron chi connectivity index (χ4n) is 3.77. The van der Waals surface area contributed by atoms with E-state index in [1.54, 1.807) is 0 Å². The topological polar surface area (TPSA) is 46.2 Å². The van der Waals surface area contributed by atoms with Gasteiger partial charge in [0.05, 0.1) is 0 Å². The highest BCUT2D eigenvalue weighted by atomic mass is 16.2. The van der Waals surface area contributed by atoms with Crippen molar-refractivity contribution in [2.75, 3.05) is 6.54 Å². The van der Waals surface area contributed by atoms with Crippen LogP contribution >= 0.6 is 0 Å². The number of ketones is 1. The summed E-state index contributed by atoms with van der Waals surface area (Å²) in [6.45, 7) is 2.83. The molecule has 0 aromatic carbocycles. The monoisotopic (exact) mass is 363 g/mol. The summed E-state index contributed by atoms with van der Waals surface area (Å²) in [6, 6.07) is 0. The molecular formula is C23H41NO2. The number of unbranched alkanes of at least 4 members (excludes halogenated alkanes) is 11. The van der Waals surface area contributed by atoms with E-state index in [0.717, 1.165) is 32.2 Å². The normalized spacial score (nSPS) is 18.0. The minimum atomic E-state index is -0.0181. The third-order valence-electron chi connectivity index (χ3n) is 5.47. The van der Waals surface area contributed by atoms with Crippen molar-refractivity contribution in [3.05, 3.63) is 12.2 Å². The second-order valence-electron chi connectivity index (χ2n) is 7.86. The van der Waals surface area contributed by atoms with E-state index in [-0.39, 0.29) is 11.8 Å². The van der Waals surface area contributed by atoms with Gasteiger partial charge in [-0.05, 0) is 39.0 Å². The summed E-state index contributed by atoms with van der Waals surface area (Å²) >= 11 is 0. The maximum absolute atomic E-state index is 12.2. The molecule has 1 aliphatic rings. The van der Waals surface area contributed by atoms with Crippen LogP contribution in [0.4, 0.5) is 0 Å². The molecule has 1 saturated heterocycles. The van der Waals surface area contributed by atoms with E-state index >= 15 is 0 Å². The van der Waals surface area contributed by atoms with Gasteiger partial charge in [-0.3, -0.25) is 9.59 Å². The van der Waals surface area contributed by atoms with Crippen LogP contribution in [0.1, 0.15) is 110 Å². The van der Waals surface area contributed by atoms with Gasteiger partial charge in [0.2, 0.25) is 5.91 Å². The highest BCUT2D eigenvalue weighted by Gasteiger charge is 2.23. The van der Waals surface area contributed by atoms with Crippen molar-refractivity contribution < 1.29 is 9.59 Å². The molecule has 1 heterocycles. The van der Waals surface area contributed by atoms with Crippen LogP contribution in [0.2, 0.25) is 0 Å². The molecule has 1 atom stereocenters. The second kappa shape index (κ2) is 16.1. The maximum Gasteiger partial charge on any atom is 0.220 e. The van der Waals surface area contributed by atoms with Crippen LogP contribution < -0.4 is 5.32 Å². The number of rotatable bonds is 15. The van der Waals surface area contributed by atoms with Crippen molar-refractivity contribution in [2.24, 2.45) is 5.92 Å². The molecule has 1 aliphatic heterocycles. The first-order valence-electron chi connectivity index (χ1n) is 11.1. The Morgan fingerprint density at radius 2 is 1.54 bits per heavy atom. The van der Waals surface area contributed by atoms with Gasteiger partial charge in [-0.15, -0.1) is 0 Å². The van der Waals surface area contributed by atoms with Crippen molar-refractivity contribution in [3.63, 3.8) is 0 Å². The molecule has 1 amide bonds. The van der Waals surface area contributed by atoms with Crippen molar-refractivity contribution in [2.45, 2.75) is 110 Å². The molecule has 0 radical (unpaired) electrons. The molecule has 1 N–H and O–H groups in total. The summed E-state index contributed by atoms with van der Waals surface area (Å²) in [6.07, 6.45) is 22.9. The second-order valence-corrected chi connectivity index (χ2v) is 7.86. The molecule has 0 spiro atoms. The van der Waals surface area contributed by atoms with Gasteiger partial charge in [0.25, 0.3) is 0 Å². The summed E-state index contributed by atoms with van der Waals surface area (Å²) in [5, 5.41) is 2.86. The van der Waals surface area contributed by atoms with Gasteiger partial charge < -0.3 is 5.32 Å². The summed E-state index contributed by atoms with van der Waals surface area (Å²) in [5.41, 5.74) is 0. The Morgan fingerprint density at radius 1 is 0.962 bits per heavy atom. The lowest BCUT2D eigenvalue weighted by Crippen LogP contribution is -2.24. The number of allylic oxidation sites excluding steroid dienone is 2. The fraction of sp³-hybridized carbons (Fsp3) is 0.826. The van der Waals surface area contributed by atoms with Crippen LogP contribution in [0, 0.1) is 5.92 Å². The number of amides is 1. The summed E-state index contributed by atoms with van der Waals surface area (Å²) in [4.78, 5) is 23.8. The van der Waals surface area contributed by atoms with E-state index in [1.165, 1.54) is 64.2 Å². The molecular weight excluding hydrogens is 322 g/mol. The van der Waals surface area contributed by atoms with Gasteiger partial charge in [-0.25, -0.2) is 0 Å². The maximum atomic E-state index is 12.2. The number of hydrogen-bond acceptors (Lipinski definition) is 2. The van der Waals surface area contributed by atoms with Gasteiger partial charge in [0.1, 0.15) is 5.78 Å². The molecule has 0 saturated carbocycles. The minimum Gasteiger partial charge on any atom is -0.356 e. The lowest BCUT2D eigenvalue weighted by atomic mass is 9.92. The van der Waals surface area contributed by atoms with E-state index in [4.69, 9.17) is 0 Å². The third-order valence-corrected chi connectivity index (χ3v) is 5.47. The zero-order valence-corrected chi connectivity index (χ0v) is 17.1. The summed E-state index contributed by atoms with van der Waals surface area (Å²) in [7, 11) is 0. The van der Waals surface area contributed by atoms with Crippen LogP contribution in [0.25, 0.3) is 0 Å². The number of carbonyl (C=O) groups is 2. The van der Waals surface area contributed by atoms with Crippen molar-refractivity contribution in [3.8, 4) is 0 Å². The average Bonchev–Trinajstić information content (AvgIpc) is 2.86. The Hall–Kier alpha value is -1.12. The predicted molar refractivity (Wildman–Crippen MR) is 110 cm³/mol. The molecule has 1 fully saturated rings. The number of hydrogen-bond donors (Lipinski definition) is 1. The SMILES string of the molecule is CC=CCCCCCCCCCCCCCC(=O)C1CCCNC(=O)C1. The Labute approximate surface area is 161 Å². The van der Waals surface area contributed by atoms with Gasteiger partial charge >= 0.3 is 0 Å². The summed E-state index contributed by atoms with van der Waals surface area (Å²) < 4.78 is 0. The molecule has 0 aromatic heterocycles. The third kappa shape index (κ3) is 12.3.